The Kier molecular flexibility index (Phi) is 4.93. The Morgan fingerprint density at radius 2 is 2.13 bits per heavy atom. The number of aliphatic carboxylic acids is 1. The van der Waals surface area contributed by atoms with Gasteiger partial charge in [0.25, 0.3) is 0 Å². The molecule has 0 saturated carbocycles. The topological polar surface area (TPSA) is 102 Å². The first-order valence-corrected chi connectivity index (χ1v) is 4.44. The van der Waals surface area contributed by atoms with Gasteiger partial charge in [0.05, 0.1) is 11.7 Å². The van der Waals surface area contributed by atoms with E-state index in [2.05, 4.69) is 4.99 Å². The summed E-state index contributed by atoms with van der Waals surface area (Å²) in [6, 6.07) is 0. The summed E-state index contributed by atoms with van der Waals surface area (Å²) in [5, 5.41) is 8.84. The summed E-state index contributed by atoms with van der Waals surface area (Å²) in [5.41, 5.74) is 9.00. The SMILES string of the molecule is CC(N)=N[C@@](N)(CC/C=C(\C)F)C(=O)O. The maximum atomic E-state index is 12.4. The lowest BCUT2D eigenvalue weighted by molar-refractivity contribution is -0.143. The second kappa shape index (κ2) is 5.45. The van der Waals surface area contributed by atoms with Crippen LogP contribution in [0.25, 0.3) is 0 Å². The van der Waals surface area contributed by atoms with Gasteiger partial charge in [-0.05, 0) is 20.3 Å². The second-order valence-corrected chi connectivity index (χ2v) is 3.31. The van der Waals surface area contributed by atoms with Gasteiger partial charge in [-0.2, -0.15) is 0 Å². The number of amidine groups is 1. The molecule has 5 N–H and O–H groups in total. The molecule has 0 aliphatic carbocycles. The normalized spacial score (nSPS) is 17.3. The first kappa shape index (κ1) is 13.6. The van der Waals surface area contributed by atoms with Crippen molar-refractivity contribution in [2.75, 3.05) is 0 Å². The molecule has 0 unspecified atom stereocenters. The minimum Gasteiger partial charge on any atom is -0.478 e. The first-order valence-electron chi connectivity index (χ1n) is 4.44. The zero-order valence-corrected chi connectivity index (χ0v) is 8.83. The quantitative estimate of drug-likeness (QED) is 0.467. The lowest BCUT2D eigenvalue weighted by Crippen LogP contribution is -2.47. The van der Waals surface area contributed by atoms with Crippen LogP contribution in [0.4, 0.5) is 4.39 Å². The summed E-state index contributed by atoms with van der Waals surface area (Å²) in [4.78, 5) is 14.5. The minimum absolute atomic E-state index is 0.00185. The molecule has 0 spiro atoms. The van der Waals surface area contributed by atoms with Gasteiger partial charge in [0.1, 0.15) is 0 Å². The molecule has 0 aliphatic heterocycles. The van der Waals surface area contributed by atoms with Crippen molar-refractivity contribution in [3.8, 4) is 0 Å². The van der Waals surface area contributed by atoms with E-state index in [0.29, 0.717) is 0 Å². The van der Waals surface area contributed by atoms with Crippen LogP contribution in [0, 0.1) is 0 Å². The van der Waals surface area contributed by atoms with Gasteiger partial charge < -0.3 is 10.8 Å². The standard InChI is InChI=1S/C9H16FN3O2/c1-6(10)4-3-5-9(12,8(14)15)13-7(2)11/h4H,3,5,12H2,1-2H3,(H2,11,13)(H,14,15)/b6-4+/t9-/m0/s1. The molecule has 6 heteroatoms. The fraction of sp³-hybridized carbons (Fsp3) is 0.556. The molecule has 0 rings (SSSR count). The van der Waals surface area contributed by atoms with Crippen molar-refractivity contribution in [1.29, 1.82) is 0 Å². The van der Waals surface area contributed by atoms with E-state index < -0.39 is 11.6 Å². The van der Waals surface area contributed by atoms with Gasteiger partial charge in [0.2, 0.25) is 5.66 Å². The molecule has 0 saturated heterocycles. The van der Waals surface area contributed by atoms with Gasteiger partial charge >= 0.3 is 5.97 Å². The summed E-state index contributed by atoms with van der Waals surface area (Å²) in [6.07, 6.45) is 1.45. The van der Waals surface area contributed by atoms with Crippen LogP contribution in [0.3, 0.4) is 0 Å². The number of halogens is 1. The molecule has 0 aromatic carbocycles. The van der Waals surface area contributed by atoms with Crippen LogP contribution in [0.2, 0.25) is 0 Å². The number of carboxylic acids is 1. The summed E-state index contributed by atoms with van der Waals surface area (Å²) in [7, 11) is 0. The lowest BCUT2D eigenvalue weighted by Gasteiger charge is -2.19. The van der Waals surface area contributed by atoms with Gasteiger partial charge in [-0.25, -0.2) is 14.2 Å². The molecule has 86 valence electrons. The van der Waals surface area contributed by atoms with E-state index >= 15 is 0 Å². The van der Waals surface area contributed by atoms with Gasteiger partial charge in [-0.3, -0.25) is 5.73 Å². The van der Waals surface area contributed by atoms with Crippen molar-refractivity contribution in [3.05, 3.63) is 11.9 Å². The van der Waals surface area contributed by atoms with Crippen molar-refractivity contribution < 1.29 is 14.3 Å². The Morgan fingerprint density at radius 3 is 2.47 bits per heavy atom. The number of hydrogen-bond acceptors (Lipinski definition) is 3. The second-order valence-electron chi connectivity index (χ2n) is 3.31. The number of carbonyl (C=O) groups is 1. The summed E-state index contributed by atoms with van der Waals surface area (Å²) in [5.74, 6) is -1.57. The van der Waals surface area contributed by atoms with Crippen molar-refractivity contribution in [2.45, 2.75) is 32.4 Å². The monoisotopic (exact) mass is 217 g/mol. The number of nitrogens with zero attached hydrogens (tertiary/aromatic N) is 1. The largest absolute Gasteiger partial charge is 0.478 e. The zero-order valence-electron chi connectivity index (χ0n) is 8.83. The number of aliphatic imine (C=N–C) groups is 1. The van der Waals surface area contributed by atoms with E-state index in [9.17, 15) is 9.18 Å². The molecule has 0 aromatic rings. The van der Waals surface area contributed by atoms with Crippen LogP contribution in [0.1, 0.15) is 26.7 Å². The molecule has 5 nitrogen and oxygen atoms in total. The molecular weight excluding hydrogens is 201 g/mol. The Labute approximate surface area is 87.7 Å². The molecule has 0 radical (unpaired) electrons. The fourth-order valence-electron chi connectivity index (χ4n) is 1.02. The van der Waals surface area contributed by atoms with Crippen molar-refractivity contribution >= 4 is 11.8 Å². The maximum Gasteiger partial charge on any atom is 0.346 e. The minimum atomic E-state index is -1.77. The number of carboxylic acid groups (broad SMARTS) is 1. The third-order valence-corrected chi connectivity index (χ3v) is 1.70. The van der Waals surface area contributed by atoms with Crippen molar-refractivity contribution in [1.82, 2.24) is 0 Å². The Balaban J connectivity index is 4.61. The highest BCUT2D eigenvalue weighted by atomic mass is 19.1. The highest BCUT2D eigenvalue weighted by Gasteiger charge is 2.32. The van der Waals surface area contributed by atoms with E-state index in [0.717, 1.165) is 0 Å². The number of allylic oxidation sites excluding steroid dienone is 2. The van der Waals surface area contributed by atoms with Crippen LogP contribution in [-0.4, -0.2) is 22.6 Å². The molecule has 0 bridgehead atoms. The van der Waals surface area contributed by atoms with Gasteiger partial charge in [0.15, 0.2) is 0 Å². The molecule has 0 fully saturated rings. The number of nitrogens with two attached hydrogens (primary N) is 2. The van der Waals surface area contributed by atoms with Crippen LogP contribution < -0.4 is 11.5 Å². The van der Waals surface area contributed by atoms with Gasteiger partial charge in [0, 0.05) is 6.42 Å². The van der Waals surface area contributed by atoms with E-state index in [4.69, 9.17) is 16.6 Å². The molecule has 0 amide bonds. The predicted octanol–water partition coefficient (Wildman–Crippen LogP) is 0.757. The predicted molar refractivity (Wildman–Crippen MR) is 55.9 cm³/mol. The van der Waals surface area contributed by atoms with Crippen LogP contribution >= 0.6 is 0 Å². The van der Waals surface area contributed by atoms with Crippen LogP contribution in [0.15, 0.2) is 16.9 Å². The van der Waals surface area contributed by atoms with Gasteiger partial charge in [-0.1, -0.05) is 6.08 Å². The van der Waals surface area contributed by atoms with E-state index in [1.54, 1.807) is 0 Å². The van der Waals surface area contributed by atoms with E-state index in [1.165, 1.54) is 19.9 Å². The third-order valence-electron chi connectivity index (χ3n) is 1.70. The first-order chi connectivity index (χ1) is 6.78. The number of rotatable bonds is 5. The Hall–Kier alpha value is -1.43. The zero-order chi connectivity index (χ0) is 12.1. The average Bonchev–Trinajstić information content (AvgIpc) is 2.01. The highest BCUT2D eigenvalue weighted by Crippen LogP contribution is 2.13. The molecular formula is C9H16FN3O2. The molecule has 1 atom stereocenters. The summed E-state index contributed by atoms with van der Waals surface area (Å²) >= 11 is 0. The Morgan fingerprint density at radius 1 is 1.60 bits per heavy atom. The smallest absolute Gasteiger partial charge is 0.346 e. The molecule has 0 aromatic heterocycles. The third kappa shape index (κ3) is 5.11. The summed E-state index contributed by atoms with van der Waals surface area (Å²) < 4.78 is 12.4. The Bertz CT molecular complexity index is 294. The van der Waals surface area contributed by atoms with Crippen molar-refractivity contribution in [3.63, 3.8) is 0 Å². The van der Waals surface area contributed by atoms with E-state index in [-0.39, 0.29) is 24.5 Å². The average molecular weight is 217 g/mol. The lowest BCUT2D eigenvalue weighted by atomic mass is 10.1. The maximum absolute atomic E-state index is 12.4. The fourth-order valence-corrected chi connectivity index (χ4v) is 1.02. The highest BCUT2D eigenvalue weighted by molar-refractivity contribution is 5.85. The molecule has 15 heavy (non-hydrogen) atoms. The van der Waals surface area contributed by atoms with E-state index in [1.807, 2.05) is 0 Å². The van der Waals surface area contributed by atoms with Crippen LogP contribution in [0.5, 0.6) is 0 Å². The number of hydrogen-bond donors (Lipinski definition) is 3. The summed E-state index contributed by atoms with van der Waals surface area (Å²) in [6.45, 7) is 2.72. The molecule has 0 heterocycles. The molecule has 0 aliphatic rings. The van der Waals surface area contributed by atoms with Crippen LogP contribution in [-0.2, 0) is 4.79 Å². The van der Waals surface area contributed by atoms with Gasteiger partial charge in [-0.15, -0.1) is 0 Å². The van der Waals surface area contributed by atoms with Crippen molar-refractivity contribution in [2.24, 2.45) is 16.5 Å².